The van der Waals surface area contributed by atoms with Crippen LogP contribution in [0.15, 0.2) is 193 Å². The van der Waals surface area contributed by atoms with Crippen LogP contribution >= 0.6 is 0 Å². The summed E-state index contributed by atoms with van der Waals surface area (Å²) in [7, 11) is -0.977. The van der Waals surface area contributed by atoms with Crippen molar-refractivity contribution >= 4 is 79.0 Å². The van der Waals surface area contributed by atoms with Gasteiger partial charge in [0.15, 0.2) is 13.7 Å². The molecule has 11 rings (SSSR count). The van der Waals surface area contributed by atoms with E-state index in [0.717, 1.165) is 73.1 Å². The van der Waals surface area contributed by atoms with Crippen LogP contribution in [0.5, 0.6) is 11.5 Å². The Balaban J connectivity index is 1.12. The zero-order chi connectivity index (χ0) is 37.2. The molecule has 4 heterocycles. The van der Waals surface area contributed by atoms with Gasteiger partial charge in [0.25, 0.3) is 0 Å². The van der Waals surface area contributed by atoms with E-state index in [1.807, 2.05) is 48.7 Å². The number of nitrogens with zero attached hydrogens (tertiary/aromatic N) is 4. The minimum absolute atomic E-state index is 0.721. The molecule has 0 atom stereocenters. The summed E-state index contributed by atoms with van der Waals surface area (Å²) in [6.07, 6.45) is 1.90. The van der Waals surface area contributed by atoms with Crippen molar-refractivity contribution in [2.24, 2.45) is 7.05 Å². The second kappa shape index (κ2) is 12.7. The second-order valence-corrected chi connectivity index (χ2v) is 17.9. The lowest BCUT2D eigenvalue weighted by molar-refractivity contribution is 0.483. The molecule has 0 aliphatic carbocycles. The molecule has 0 amide bonds. The van der Waals surface area contributed by atoms with Crippen LogP contribution in [0.25, 0.3) is 44.4 Å². The smallest absolute Gasteiger partial charge is 0.187 e. The first kappa shape index (κ1) is 32.2. The molecule has 7 aromatic carbocycles. The molecule has 0 unspecified atom stereocenters. The van der Waals surface area contributed by atoms with Crippen molar-refractivity contribution in [1.29, 1.82) is 0 Å². The van der Waals surface area contributed by atoms with Crippen LogP contribution in [-0.2, 0) is 7.05 Å². The van der Waals surface area contributed by atoms with E-state index >= 15 is 0 Å². The molecular weight excluding hydrogens is 705 g/mol. The molecule has 0 spiro atoms. The molecule has 1 aliphatic heterocycles. The van der Waals surface area contributed by atoms with Crippen molar-refractivity contribution in [3.05, 3.63) is 188 Å². The number of para-hydroxylation sites is 4. The van der Waals surface area contributed by atoms with Gasteiger partial charge in [0, 0.05) is 40.3 Å². The molecule has 3 aromatic heterocycles. The highest BCUT2D eigenvalue weighted by atomic mass is 28.3. The average Bonchev–Trinajstić information content (AvgIpc) is 3.81. The van der Waals surface area contributed by atoms with Crippen LogP contribution in [0, 0.1) is 0 Å². The van der Waals surface area contributed by atoms with Crippen LogP contribution in [0.2, 0.25) is 0 Å². The highest BCUT2D eigenvalue weighted by Gasteiger charge is 2.51. The zero-order valence-corrected chi connectivity index (χ0v) is 31.5. The number of fused-ring (bicyclic) bond motifs is 7. The van der Waals surface area contributed by atoms with Gasteiger partial charge in [-0.25, -0.2) is 9.97 Å². The van der Waals surface area contributed by atoms with Gasteiger partial charge in [-0.05, 0) is 64.1 Å². The van der Waals surface area contributed by atoms with Gasteiger partial charge >= 0.3 is 0 Å². The maximum absolute atomic E-state index is 6.67. The molecule has 56 heavy (non-hydrogen) atoms. The lowest BCUT2D eigenvalue weighted by Crippen LogP contribution is -2.77. The number of benzene rings is 7. The summed E-state index contributed by atoms with van der Waals surface area (Å²) in [5.41, 5.74) is 6.72. The van der Waals surface area contributed by atoms with Gasteiger partial charge in [0.1, 0.15) is 28.7 Å². The van der Waals surface area contributed by atoms with Gasteiger partial charge in [-0.15, -0.1) is 0 Å². The highest BCUT2D eigenvalue weighted by Crippen LogP contribution is 2.42. The highest BCUT2D eigenvalue weighted by molar-refractivity contribution is 7.22. The molecule has 0 fully saturated rings. The SMILES string of the molecule is Cn1c(-c2cccc(Oc3cccc(N4c5ccccc5[Si](c5ccccc5)(c5ccccc5)c5c4ncc4oc6ccccc6c54)c3)c2)nc2ccccc21. The van der Waals surface area contributed by atoms with E-state index in [1.165, 1.54) is 20.7 Å². The summed E-state index contributed by atoms with van der Waals surface area (Å²) in [5, 5.41) is 7.26. The normalized spacial score (nSPS) is 13.2. The Hall–Kier alpha value is -7.22. The number of anilines is 3. The monoisotopic (exact) mass is 738 g/mol. The van der Waals surface area contributed by atoms with Gasteiger partial charge in [-0.1, -0.05) is 127 Å². The fourth-order valence-electron chi connectivity index (χ4n) is 8.80. The van der Waals surface area contributed by atoms with E-state index in [9.17, 15) is 0 Å². The first-order valence-electron chi connectivity index (χ1n) is 18.8. The molecular formula is C49H34N4O2Si. The topological polar surface area (TPSA) is 56.3 Å². The van der Waals surface area contributed by atoms with Crippen molar-refractivity contribution in [2.45, 2.75) is 0 Å². The maximum Gasteiger partial charge on any atom is 0.187 e. The van der Waals surface area contributed by atoms with Crippen molar-refractivity contribution < 1.29 is 9.15 Å². The number of hydrogen-bond donors (Lipinski definition) is 0. The number of rotatable bonds is 6. The number of furan rings is 1. The minimum Gasteiger partial charge on any atom is -0.457 e. The van der Waals surface area contributed by atoms with Crippen molar-refractivity contribution in [1.82, 2.24) is 14.5 Å². The standard InChI is InChI=1S/C49H34N4O2Si/c1-52-41-26-10-9-25-40(41)51-48(52)33-16-14-18-35(30-33)54-36-19-15-17-34(31-36)53-42-27-11-13-29-45(42)56(37-20-4-2-5-21-37,38-22-6-3-7-23-38)47-46-39-24-8-12-28-43(39)55-44(46)32-50-49(47)53/h2-32H,1H3. The van der Waals surface area contributed by atoms with Crippen LogP contribution in [-0.4, -0.2) is 22.6 Å². The lowest BCUT2D eigenvalue weighted by Gasteiger charge is -2.44. The van der Waals surface area contributed by atoms with Crippen molar-refractivity contribution in [3.8, 4) is 22.9 Å². The van der Waals surface area contributed by atoms with Crippen LogP contribution in [0.3, 0.4) is 0 Å². The number of ether oxygens (including phenoxy) is 1. The molecule has 0 saturated heterocycles. The number of aryl methyl sites for hydroxylation is 1. The molecule has 0 bridgehead atoms. The van der Waals surface area contributed by atoms with Gasteiger partial charge in [0.2, 0.25) is 0 Å². The average molecular weight is 739 g/mol. The van der Waals surface area contributed by atoms with Gasteiger partial charge in [0.05, 0.1) is 22.9 Å². The van der Waals surface area contributed by atoms with Crippen molar-refractivity contribution in [2.75, 3.05) is 4.90 Å². The largest absolute Gasteiger partial charge is 0.457 e. The Bertz CT molecular complexity index is 3060. The molecule has 0 N–H and O–H groups in total. The van der Waals surface area contributed by atoms with Gasteiger partial charge < -0.3 is 13.7 Å². The van der Waals surface area contributed by atoms with E-state index in [-0.39, 0.29) is 0 Å². The van der Waals surface area contributed by atoms with Gasteiger partial charge in [-0.2, -0.15) is 0 Å². The zero-order valence-electron chi connectivity index (χ0n) is 30.5. The van der Waals surface area contributed by atoms with Crippen LogP contribution in [0.4, 0.5) is 17.2 Å². The number of imidazole rings is 1. The molecule has 0 radical (unpaired) electrons. The van der Waals surface area contributed by atoms with Gasteiger partial charge in [-0.3, -0.25) is 4.90 Å². The summed E-state index contributed by atoms with van der Waals surface area (Å²) >= 11 is 0. The molecule has 7 heteroatoms. The Kier molecular flexibility index (Phi) is 7.30. The fraction of sp³-hybridized carbons (Fsp3) is 0.0204. The second-order valence-electron chi connectivity index (χ2n) is 14.2. The van der Waals surface area contributed by atoms with E-state index in [1.54, 1.807) is 0 Å². The Morgan fingerprint density at radius 1 is 0.607 bits per heavy atom. The van der Waals surface area contributed by atoms with Crippen LogP contribution < -0.4 is 30.4 Å². The fourth-order valence-corrected chi connectivity index (χ4v) is 14.1. The summed E-state index contributed by atoms with van der Waals surface area (Å²) in [5.74, 6) is 3.23. The van der Waals surface area contributed by atoms with E-state index < -0.39 is 8.07 Å². The predicted molar refractivity (Wildman–Crippen MR) is 230 cm³/mol. The van der Waals surface area contributed by atoms with Crippen molar-refractivity contribution in [3.63, 3.8) is 0 Å². The third-order valence-electron chi connectivity index (χ3n) is 11.1. The number of pyridine rings is 1. The minimum atomic E-state index is -3.03. The Labute approximate surface area is 324 Å². The van der Waals surface area contributed by atoms with Crippen LogP contribution in [0.1, 0.15) is 0 Å². The first-order valence-corrected chi connectivity index (χ1v) is 20.8. The Morgan fingerprint density at radius 3 is 2.09 bits per heavy atom. The third-order valence-corrected chi connectivity index (χ3v) is 16.0. The number of aromatic nitrogens is 3. The quantitative estimate of drug-likeness (QED) is 0.159. The molecule has 266 valence electrons. The summed E-state index contributed by atoms with van der Waals surface area (Å²) in [4.78, 5) is 12.6. The first-order chi connectivity index (χ1) is 27.7. The van der Waals surface area contributed by atoms with E-state index in [2.05, 4.69) is 156 Å². The van der Waals surface area contributed by atoms with E-state index in [4.69, 9.17) is 19.1 Å². The van der Waals surface area contributed by atoms with E-state index in [0.29, 0.717) is 0 Å². The number of hydrogen-bond acceptors (Lipinski definition) is 5. The molecule has 6 nitrogen and oxygen atoms in total. The predicted octanol–water partition coefficient (Wildman–Crippen LogP) is 9.49. The summed E-state index contributed by atoms with van der Waals surface area (Å²) in [6.45, 7) is 0. The lowest BCUT2D eigenvalue weighted by atomic mass is 10.1. The summed E-state index contributed by atoms with van der Waals surface area (Å²) in [6, 6.07) is 63.9. The maximum atomic E-state index is 6.67. The molecule has 1 aliphatic rings. The third kappa shape index (κ3) is 4.81. The Morgan fingerprint density at radius 2 is 1.29 bits per heavy atom. The molecule has 10 aromatic rings. The molecule has 0 saturated carbocycles. The summed E-state index contributed by atoms with van der Waals surface area (Å²) < 4.78 is 15.4.